The van der Waals surface area contributed by atoms with Gasteiger partial charge in [-0.05, 0) is 36.6 Å². The highest BCUT2D eigenvalue weighted by molar-refractivity contribution is 5.39. The Morgan fingerprint density at radius 2 is 2.21 bits per heavy atom. The van der Waals surface area contributed by atoms with Crippen LogP contribution in [0.4, 0.5) is 0 Å². The van der Waals surface area contributed by atoms with Gasteiger partial charge >= 0.3 is 0 Å². The molecule has 1 aliphatic rings. The smallest absolute Gasteiger partial charge is 0.122 e. The number of fused-ring (bicyclic) bond motifs is 1. The van der Waals surface area contributed by atoms with E-state index in [1.54, 1.807) is 0 Å². The molecule has 0 unspecified atom stereocenters. The molecule has 1 heterocycles. The Morgan fingerprint density at radius 1 is 1.26 bits per heavy atom. The average Bonchev–Trinajstić information content (AvgIpc) is 2.89. The van der Waals surface area contributed by atoms with Crippen LogP contribution in [0.3, 0.4) is 0 Å². The highest BCUT2D eigenvalue weighted by Crippen LogP contribution is 2.25. The molecule has 0 radical (unpaired) electrons. The summed E-state index contributed by atoms with van der Waals surface area (Å²) < 4.78 is 11.0. The maximum absolute atomic E-state index is 5.51. The van der Waals surface area contributed by atoms with Crippen LogP contribution in [0.1, 0.15) is 30.9 Å². The van der Waals surface area contributed by atoms with E-state index in [0.29, 0.717) is 0 Å². The molecule has 1 N–H and O–H groups in total. The summed E-state index contributed by atoms with van der Waals surface area (Å²) in [5.41, 5.74) is 2.75. The van der Waals surface area contributed by atoms with E-state index in [1.807, 2.05) is 0 Å². The van der Waals surface area contributed by atoms with Crippen LogP contribution in [0.5, 0.6) is 5.75 Å². The maximum Gasteiger partial charge on any atom is 0.122 e. The molecule has 0 saturated heterocycles. The van der Waals surface area contributed by atoms with E-state index in [9.17, 15) is 0 Å². The third-order valence-corrected chi connectivity index (χ3v) is 3.41. The van der Waals surface area contributed by atoms with Gasteiger partial charge in [-0.3, -0.25) is 0 Å². The number of benzene rings is 1. The lowest BCUT2D eigenvalue weighted by Crippen LogP contribution is -2.22. The minimum Gasteiger partial charge on any atom is -0.493 e. The zero-order valence-corrected chi connectivity index (χ0v) is 11.9. The van der Waals surface area contributed by atoms with Gasteiger partial charge in [-0.2, -0.15) is 0 Å². The minimum atomic E-state index is 0.817. The van der Waals surface area contributed by atoms with E-state index >= 15 is 0 Å². The van der Waals surface area contributed by atoms with Gasteiger partial charge in [0.2, 0.25) is 0 Å². The summed E-state index contributed by atoms with van der Waals surface area (Å²) in [4.78, 5) is 0. The maximum atomic E-state index is 5.51. The molecular formula is C16H25NO2. The molecule has 0 spiro atoms. The second-order valence-electron chi connectivity index (χ2n) is 5.01. The number of hydrogen-bond donors (Lipinski definition) is 1. The predicted octanol–water partition coefficient (Wildman–Crippen LogP) is 2.57. The summed E-state index contributed by atoms with van der Waals surface area (Å²) in [6, 6.07) is 6.55. The highest BCUT2D eigenvalue weighted by Gasteiger charge is 2.11. The second kappa shape index (κ2) is 8.18. The van der Waals surface area contributed by atoms with Crippen molar-refractivity contribution in [2.45, 2.75) is 32.6 Å². The molecule has 0 aliphatic carbocycles. The van der Waals surface area contributed by atoms with E-state index < -0.39 is 0 Å². The van der Waals surface area contributed by atoms with Crippen molar-refractivity contribution in [2.24, 2.45) is 0 Å². The van der Waals surface area contributed by atoms with E-state index in [4.69, 9.17) is 9.47 Å². The standard InChI is InChI=1S/C16H25NO2/c1-2-3-10-18-12-9-17-8-6-14-4-5-16-15(13-14)7-11-19-16/h4-5,13,17H,2-3,6-12H2,1H3. The zero-order valence-electron chi connectivity index (χ0n) is 11.9. The van der Waals surface area contributed by atoms with Crippen LogP contribution in [0.15, 0.2) is 18.2 Å². The fourth-order valence-electron chi connectivity index (χ4n) is 2.25. The number of ether oxygens (including phenoxy) is 2. The van der Waals surface area contributed by atoms with Crippen molar-refractivity contribution in [3.05, 3.63) is 29.3 Å². The molecule has 106 valence electrons. The van der Waals surface area contributed by atoms with Gasteiger partial charge in [0.1, 0.15) is 5.75 Å². The molecule has 0 saturated carbocycles. The topological polar surface area (TPSA) is 30.5 Å². The van der Waals surface area contributed by atoms with Crippen molar-refractivity contribution in [3.8, 4) is 5.75 Å². The predicted molar refractivity (Wildman–Crippen MR) is 77.9 cm³/mol. The van der Waals surface area contributed by atoms with Crippen molar-refractivity contribution < 1.29 is 9.47 Å². The van der Waals surface area contributed by atoms with Gasteiger partial charge in [0.15, 0.2) is 0 Å². The first-order chi connectivity index (χ1) is 9.40. The number of rotatable bonds is 9. The lowest BCUT2D eigenvalue weighted by atomic mass is 10.1. The van der Waals surface area contributed by atoms with Gasteiger partial charge < -0.3 is 14.8 Å². The summed E-state index contributed by atoms with van der Waals surface area (Å²) in [5, 5.41) is 3.42. The lowest BCUT2D eigenvalue weighted by molar-refractivity contribution is 0.133. The molecule has 3 heteroatoms. The monoisotopic (exact) mass is 263 g/mol. The summed E-state index contributed by atoms with van der Waals surface area (Å²) >= 11 is 0. The first-order valence-electron chi connectivity index (χ1n) is 7.43. The molecule has 0 amide bonds. The van der Waals surface area contributed by atoms with Crippen molar-refractivity contribution in [2.75, 3.05) is 32.9 Å². The van der Waals surface area contributed by atoms with Gasteiger partial charge in [-0.15, -0.1) is 0 Å². The molecule has 1 aromatic rings. The first kappa shape index (κ1) is 14.4. The summed E-state index contributed by atoms with van der Waals surface area (Å²) in [6.07, 6.45) is 4.50. The molecule has 19 heavy (non-hydrogen) atoms. The molecular weight excluding hydrogens is 238 g/mol. The van der Waals surface area contributed by atoms with E-state index in [1.165, 1.54) is 17.5 Å². The molecule has 0 fully saturated rings. The largest absolute Gasteiger partial charge is 0.493 e. The van der Waals surface area contributed by atoms with Crippen LogP contribution < -0.4 is 10.1 Å². The lowest BCUT2D eigenvalue weighted by Gasteiger charge is -2.07. The Kier molecular flexibility index (Phi) is 6.18. The van der Waals surface area contributed by atoms with Crippen LogP contribution in [0, 0.1) is 0 Å². The Morgan fingerprint density at radius 3 is 3.11 bits per heavy atom. The molecule has 2 rings (SSSR count). The van der Waals surface area contributed by atoms with Crippen LogP contribution in [-0.4, -0.2) is 32.9 Å². The summed E-state index contributed by atoms with van der Waals surface area (Å²) in [7, 11) is 0. The zero-order chi connectivity index (χ0) is 13.3. The van der Waals surface area contributed by atoms with Crippen molar-refractivity contribution >= 4 is 0 Å². The van der Waals surface area contributed by atoms with Crippen molar-refractivity contribution in [3.63, 3.8) is 0 Å². The molecule has 3 nitrogen and oxygen atoms in total. The average molecular weight is 263 g/mol. The first-order valence-corrected chi connectivity index (χ1v) is 7.43. The number of unbranched alkanes of at least 4 members (excludes halogenated alkanes) is 1. The van der Waals surface area contributed by atoms with Crippen molar-refractivity contribution in [1.29, 1.82) is 0 Å². The van der Waals surface area contributed by atoms with Crippen LogP contribution >= 0.6 is 0 Å². The summed E-state index contributed by atoms with van der Waals surface area (Å²) in [5.74, 6) is 1.07. The fraction of sp³-hybridized carbons (Fsp3) is 0.625. The van der Waals surface area contributed by atoms with E-state index in [0.717, 1.165) is 57.9 Å². The number of nitrogens with one attached hydrogen (secondary N) is 1. The van der Waals surface area contributed by atoms with Crippen LogP contribution in [0.2, 0.25) is 0 Å². The van der Waals surface area contributed by atoms with Gasteiger partial charge in [0.05, 0.1) is 13.2 Å². The van der Waals surface area contributed by atoms with Crippen LogP contribution in [-0.2, 0) is 17.6 Å². The van der Waals surface area contributed by atoms with Gasteiger partial charge in [-0.25, -0.2) is 0 Å². The minimum absolute atomic E-state index is 0.817. The Balaban J connectivity index is 1.56. The van der Waals surface area contributed by atoms with E-state index in [2.05, 4.69) is 30.4 Å². The van der Waals surface area contributed by atoms with Gasteiger partial charge in [0.25, 0.3) is 0 Å². The molecule has 0 atom stereocenters. The van der Waals surface area contributed by atoms with Crippen molar-refractivity contribution in [1.82, 2.24) is 5.32 Å². The molecule has 0 aromatic heterocycles. The quantitative estimate of drug-likeness (QED) is 0.695. The normalized spacial score (nSPS) is 13.3. The van der Waals surface area contributed by atoms with Gasteiger partial charge in [0, 0.05) is 19.6 Å². The third-order valence-electron chi connectivity index (χ3n) is 3.41. The third kappa shape index (κ3) is 4.84. The molecule has 1 aromatic carbocycles. The SMILES string of the molecule is CCCCOCCNCCc1ccc2c(c1)CCO2. The molecule has 0 bridgehead atoms. The number of hydrogen-bond acceptors (Lipinski definition) is 3. The van der Waals surface area contributed by atoms with Crippen LogP contribution in [0.25, 0.3) is 0 Å². The van der Waals surface area contributed by atoms with Gasteiger partial charge in [-0.1, -0.05) is 25.5 Å². The Bertz CT molecular complexity index is 379. The van der Waals surface area contributed by atoms with E-state index in [-0.39, 0.29) is 0 Å². The highest BCUT2D eigenvalue weighted by atomic mass is 16.5. The summed E-state index contributed by atoms with van der Waals surface area (Å²) in [6.45, 7) is 6.69. The molecule has 1 aliphatic heterocycles. The fourth-order valence-corrected chi connectivity index (χ4v) is 2.25. The second-order valence-corrected chi connectivity index (χ2v) is 5.01. The Hall–Kier alpha value is -1.06. The Labute approximate surface area is 116 Å².